The summed E-state index contributed by atoms with van der Waals surface area (Å²) in [5, 5.41) is 19.0. The molecule has 0 aliphatic carbocycles. The smallest absolute Gasteiger partial charge is 0.281 e. The number of carbonyl (C=O) groups excluding carboxylic acids is 1. The highest BCUT2D eigenvalue weighted by Crippen LogP contribution is 2.30. The highest BCUT2D eigenvalue weighted by molar-refractivity contribution is 8.03. The predicted octanol–water partition coefficient (Wildman–Crippen LogP) is 3.13. The standard InChI is InChI=1S/C16H11FN2O3S2/c1-9-2-7-12(23-9)8-13(15(20)21)24-16-19-18-14(22-16)10-3-5-11(17)6-4-10/h2-8H,1H3,(H,20,21)/p-1/b13-8+. The Bertz CT molecular complexity index is 900. The largest absolute Gasteiger partial charge is 0.544 e. The quantitative estimate of drug-likeness (QED) is 0.513. The van der Waals surface area contributed by atoms with Gasteiger partial charge in [-0.25, -0.2) is 4.39 Å². The number of carbonyl (C=O) groups is 1. The number of hydrogen-bond acceptors (Lipinski definition) is 7. The normalized spacial score (nSPS) is 11.7. The number of carboxylic acids is 1. The van der Waals surface area contributed by atoms with Crippen LogP contribution in [0.1, 0.15) is 9.75 Å². The molecule has 0 bridgehead atoms. The Morgan fingerprint density at radius 2 is 2.00 bits per heavy atom. The first-order valence-electron chi connectivity index (χ1n) is 6.78. The molecule has 24 heavy (non-hydrogen) atoms. The average Bonchev–Trinajstić information content (AvgIpc) is 3.17. The van der Waals surface area contributed by atoms with Gasteiger partial charge in [-0.2, -0.15) is 0 Å². The molecule has 0 aliphatic rings. The Morgan fingerprint density at radius 1 is 1.25 bits per heavy atom. The van der Waals surface area contributed by atoms with Gasteiger partial charge < -0.3 is 14.3 Å². The van der Waals surface area contributed by atoms with E-state index < -0.39 is 5.97 Å². The van der Waals surface area contributed by atoms with Gasteiger partial charge in [0.1, 0.15) is 5.82 Å². The number of carboxylic acid groups (broad SMARTS) is 1. The minimum absolute atomic E-state index is 0.0360. The van der Waals surface area contributed by atoms with Crippen molar-refractivity contribution in [3.8, 4) is 11.5 Å². The molecule has 0 saturated heterocycles. The van der Waals surface area contributed by atoms with Crippen LogP contribution in [-0.4, -0.2) is 16.2 Å². The number of aryl methyl sites for hydroxylation is 1. The highest BCUT2D eigenvalue weighted by Gasteiger charge is 2.12. The summed E-state index contributed by atoms with van der Waals surface area (Å²) in [6.07, 6.45) is 1.50. The van der Waals surface area contributed by atoms with Crippen molar-refractivity contribution >= 4 is 35.1 Å². The number of hydrogen-bond donors (Lipinski definition) is 0. The monoisotopic (exact) mass is 361 g/mol. The van der Waals surface area contributed by atoms with E-state index in [-0.39, 0.29) is 21.8 Å². The van der Waals surface area contributed by atoms with Crippen molar-refractivity contribution in [2.24, 2.45) is 0 Å². The second kappa shape index (κ2) is 6.98. The highest BCUT2D eigenvalue weighted by atomic mass is 32.2. The maximum atomic E-state index is 12.9. The van der Waals surface area contributed by atoms with E-state index in [9.17, 15) is 14.3 Å². The Balaban J connectivity index is 1.82. The lowest BCUT2D eigenvalue weighted by molar-refractivity contribution is -0.298. The van der Waals surface area contributed by atoms with Crippen molar-refractivity contribution in [3.05, 3.63) is 56.9 Å². The van der Waals surface area contributed by atoms with E-state index in [0.717, 1.165) is 21.5 Å². The van der Waals surface area contributed by atoms with Gasteiger partial charge >= 0.3 is 0 Å². The molecule has 0 unspecified atom stereocenters. The number of thioether (sulfide) groups is 1. The maximum Gasteiger partial charge on any atom is 0.281 e. The second-order valence-electron chi connectivity index (χ2n) is 4.73. The van der Waals surface area contributed by atoms with E-state index in [1.165, 1.54) is 41.7 Å². The summed E-state index contributed by atoms with van der Waals surface area (Å²) in [7, 11) is 0. The topological polar surface area (TPSA) is 79.0 Å². The van der Waals surface area contributed by atoms with Crippen LogP contribution >= 0.6 is 23.1 Å². The van der Waals surface area contributed by atoms with Crippen molar-refractivity contribution in [1.82, 2.24) is 10.2 Å². The van der Waals surface area contributed by atoms with Gasteiger partial charge in [-0.05, 0) is 61.2 Å². The molecule has 3 aromatic rings. The lowest BCUT2D eigenvalue weighted by Crippen LogP contribution is -2.22. The zero-order chi connectivity index (χ0) is 17.1. The minimum atomic E-state index is -1.33. The zero-order valence-corrected chi connectivity index (χ0v) is 14.0. The van der Waals surface area contributed by atoms with Gasteiger partial charge in [-0.1, -0.05) is 0 Å². The van der Waals surface area contributed by atoms with Crippen LogP contribution in [0.3, 0.4) is 0 Å². The molecule has 2 aromatic heterocycles. The molecule has 0 radical (unpaired) electrons. The Morgan fingerprint density at radius 3 is 2.62 bits per heavy atom. The van der Waals surface area contributed by atoms with E-state index >= 15 is 0 Å². The zero-order valence-electron chi connectivity index (χ0n) is 12.4. The molecule has 0 spiro atoms. The van der Waals surface area contributed by atoms with Gasteiger partial charge in [-0.3, -0.25) is 0 Å². The first-order chi connectivity index (χ1) is 11.5. The maximum absolute atomic E-state index is 12.9. The molecule has 122 valence electrons. The fourth-order valence-electron chi connectivity index (χ4n) is 1.84. The summed E-state index contributed by atoms with van der Waals surface area (Å²) in [4.78, 5) is 13.1. The molecule has 3 rings (SSSR count). The van der Waals surface area contributed by atoms with Crippen LogP contribution in [0.5, 0.6) is 0 Å². The van der Waals surface area contributed by atoms with Gasteiger partial charge in [0.25, 0.3) is 5.22 Å². The predicted molar refractivity (Wildman–Crippen MR) is 87.6 cm³/mol. The molecule has 2 heterocycles. The number of thiophene rings is 1. The first kappa shape index (κ1) is 16.4. The van der Waals surface area contributed by atoms with Gasteiger partial charge in [0.2, 0.25) is 5.89 Å². The fraction of sp³-hybridized carbons (Fsp3) is 0.0625. The van der Waals surface area contributed by atoms with E-state index in [0.29, 0.717) is 5.56 Å². The molecule has 0 aliphatic heterocycles. The fourth-order valence-corrected chi connectivity index (χ4v) is 3.40. The lowest BCUT2D eigenvalue weighted by Gasteiger charge is -2.04. The third-order valence-corrected chi connectivity index (χ3v) is 4.72. The van der Waals surface area contributed by atoms with Crippen LogP contribution in [0.4, 0.5) is 4.39 Å². The number of nitrogens with zero attached hydrogens (tertiary/aromatic N) is 2. The van der Waals surface area contributed by atoms with Gasteiger partial charge in [-0.15, -0.1) is 21.5 Å². The van der Waals surface area contributed by atoms with Crippen LogP contribution in [0, 0.1) is 12.7 Å². The van der Waals surface area contributed by atoms with E-state index in [4.69, 9.17) is 4.42 Å². The molecule has 5 nitrogen and oxygen atoms in total. The minimum Gasteiger partial charge on any atom is -0.544 e. The summed E-state index contributed by atoms with van der Waals surface area (Å²) in [6, 6.07) is 9.27. The summed E-state index contributed by atoms with van der Waals surface area (Å²) in [5.41, 5.74) is 0.545. The number of aromatic nitrogens is 2. The second-order valence-corrected chi connectivity index (χ2v) is 7.04. The number of benzene rings is 1. The average molecular weight is 361 g/mol. The summed E-state index contributed by atoms with van der Waals surface area (Å²) in [6.45, 7) is 1.93. The third kappa shape index (κ3) is 3.90. The molecule has 0 N–H and O–H groups in total. The molecular formula is C16H10FN2O3S2-. The molecule has 8 heteroatoms. The van der Waals surface area contributed by atoms with Crippen LogP contribution in [0.15, 0.2) is 50.9 Å². The number of halogens is 1. The van der Waals surface area contributed by atoms with E-state index in [1.807, 2.05) is 19.1 Å². The summed E-state index contributed by atoms with van der Waals surface area (Å²) in [5.74, 6) is -1.52. The SMILES string of the molecule is Cc1ccc(/C=C(/Sc2nnc(-c3ccc(F)cc3)o2)C(=O)[O-])s1. The molecule has 0 saturated carbocycles. The Labute approximate surface area is 144 Å². The van der Waals surface area contributed by atoms with Crippen molar-refractivity contribution in [3.63, 3.8) is 0 Å². The molecule has 1 aromatic carbocycles. The van der Waals surface area contributed by atoms with E-state index in [2.05, 4.69) is 10.2 Å². The summed E-state index contributed by atoms with van der Waals surface area (Å²) < 4.78 is 18.4. The molecule has 0 fully saturated rings. The van der Waals surface area contributed by atoms with Gasteiger partial charge in [0, 0.05) is 20.2 Å². The van der Waals surface area contributed by atoms with Gasteiger partial charge in [0.05, 0.1) is 5.97 Å². The van der Waals surface area contributed by atoms with Gasteiger partial charge in [0.15, 0.2) is 0 Å². The van der Waals surface area contributed by atoms with E-state index in [1.54, 1.807) is 0 Å². The van der Waals surface area contributed by atoms with Crippen LogP contribution in [-0.2, 0) is 4.79 Å². The van der Waals surface area contributed by atoms with Crippen molar-refractivity contribution in [1.29, 1.82) is 0 Å². The van der Waals surface area contributed by atoms with Crippen LogP contribution in [0.2, 0.25) is 0 Å². The number of rotatable bonds is 5. The van der Waals surface area contributed by atoms with Crippen molar-refractivity contribution < 1.29 is 18.7 Å². The Kier molecular flexibility index (Phi) is 4.77. The molecular weight excluding hydrogens is 351 g/mol. The Hall–Kier alpha value is -2.45. The lowest BCUT2D eigenvalue weighted by atomic mass is 10.2. The van der Waals surface area contributed by atoms with Crippen molar-refractivity contribution in [2.75, 3.05) is 0 Å². The first-order valence-corrected chi connectivity index (χ1v) is 8.41. The molecule has 0 atom stereocenters. The van der Waals surface area contributed by atoms with Crippen LogP contribution in [0.25, 0.3) is 17.5 Å². The van der Waals surface area contributed by atoms with Crippen LogP contribution < -0.4 is 5.11 Å². The summed E-state index contributed by atoms with van der Waals surface area (Å²) >= 11 is 2.28. The van der Waals surface area contributed by atoms with Crippen molar-refractivity contribution in [2.45, 2.75) is 12.1 Å². The number of aliphatic carboxylic acids is 1. The third-order valence-electron chi connectivity index (χ3n) is 2.93. The molecule has 0 amide bonds.